The topological polar surface area (TPSA) is 47.6 Å². The predicted octanol–water partition coefficient (Wildman–Crippen LogP) is 3.50. The number of hydrogen-bond donors (Lipinski definition) is 1. The van der Waals surface area contributed by atoms with Gasteiger partial charge >= 0.3 is 6.09 Å². The zero-order valence-corrected chi connectivity index (χ0v) is 13.0. The van der Waals surface area contributed by atoms with E-state index in [1.807, 2.05) is 20.8 Å². The smallest absolute Gasteiger partial charge is 0.408 e. The Bertz CT molecular complexity index is 283. The number of alkyl carbamates (subject to hydrolysis) is 1. The number of ether oxygens (including phenoxy) is 2. The van der Waals surface area contributed by atoms with Crippen molar-refractivity contribution in [3.05, 3.63) is 0 Å². The molecule has 1 amide bonds. The Morgan fingerprint density at radius 1 is 1.32 bits per heavy atom. The van der Waals surface area contributed by atoms with Gasteiger partial charge in [-0.05, 0) is 58.8 Å². The Morgan fingerprint density at radius 3 is 2.37 bits per heavy atom. The van der Waals surface area contributed by atoms with Crippen LogP contribution in [0.25, 0.3) is 0 Å². The average Bonchev–Trinajstić information content (AvgIpc) is 2.28. The van der Waals surface area contributed by atoms with E-state index >= 15 is 0 Å². The van der Waals surface area contributed by atoms with Crippen LogP contribution in [0.1, 0.15) is 59.8 Å². The highest BCUT2D eigenvalue weighted by Crippen LogP contribution is 2.34. The maximum absolute atomic E-state index is 12.0. The number of amides is 1. The van der Waals surface area contributed by atoms with Crippen molar-refractivity contribution >= 4 is 6.09 Å². The number of methoxy groups -OCH3 is 1. The van der Waals surface area contributed by atoms with Gasteiger partial charge in [0.15, 0.2) is 0 Å². The molecule has 1 saturated carbocycles. The number of hydrogen-bond acceptors (Lipinski definition) is 3. The normalized spacial score (nSPS) is 27.9. The van der Waals surface area contributed by atoms with Gasteiger partial charge in [0.2, 0.25) is 0 Å². The molecule has 0 aromatic carbocycles. The lowest BCUT2D eigenvalue weighted by Gasteiger charge is -2.40. The minimum atomic E-state index is -0.450. The van der Waals surface area contributed by atoms with Crippen LogP contribution >= 0.6 is 0 Å². The van der Waals surface area contributed by atoms with Gasteiger partial charge in [-0.3, -0.25) is 0 Å². The van der Waals surface area contributed by atoms with Gasteiger partial charge in [0.05, 0.1) is 0 Å². The Hall–Kier alpha value is -0.770. The van der Waals surface area contributed by atoms with Gasteiger partial charge in [-0.15, -0.1) is 0 Å². The van der Waals surface area contributed by atoms with E-state index in [1.165, 1.54) is 0 Å². The molecular weight excluding hydrogens is 242 g/mol. The number of carbonyl (C=O) groups is 1. The standard InChI is InChI=1S/C15H29NO3/c1-12-6-8-15(9-7-12,10-11-18-5)16-13(17)19-14(2,3)4/h12H,6-11H2,1-5H3,(H,16,17). The molecule has 0 atom stereocenters. The summed E-state index contributed by atoms with van der Waals surface area (Å²) in [4.78, 5) is 12.0. The van der Waals surface area contributed by atoms with Crippen molar-refractivity contribution in [2.75, 3.05) is 13.7 Å². The lowest BCUT2D eigenvalue weighted by Crippen LogP contribution is -2.52. The summed E-state index contributed by atoms with van der Waals surface area (Å²) in [6, 6.07) is 0. The van der Waals surface area contributed by atoms with E-state index < -0.39 is 5.60 Å². The molecule has 0 saturated heterocycles. The van der Waals surface area contributed by atoms with Crippen LogP contribution in [0.5, 0.6) is 0 Å². The zero-order valence-electron chi connectivity index (χ0n) is 13.0. The van der Waals surface area contributed by atoms with E-state index in [0.717, 1.165) is 38.0 Å². The van der Waals surface area contributed by atoms with Gasteiger partial charge in [-0.25, -0.2) is 4.79 Å². The van der Waals surface area contributed by atoms with Crippen LogP contribution in [0, 0.1) is 5.92 Å². The van der Waals surface area contributed by atoms with Gasteiger partial charge in [0.25, 0.3) is 0 Å². The largest absolute Gasteiger partial charge is 0.444 e. The quantitative estimate of drug-likeness (QED) is 0.851. The second-order valence-corrected chi connectivity index (χ2v) is 6.83. The van der Waals surface area contributed by atoms with Crippen molar-refractivity contribution in [1.29, 1.82) is 0 Å². The third kappa shape index (κ3) is 5.81. The van der Waals surface area contributed by atoms with Crippen LogP contribution in [-0.4, -0.2) is 30.9 Å². The Balaban J connectivity index is 2.61. The van der Waals surface area contributed by atoms with Gasteiger partial charge in [0.1, 0.15) is 5.60 Å². The highest BCUT2D eigenvalue weighted by Gasteiger charge is 2.36. The Labute approximate surface area is 117 Å². The maximum atomic E-state index is 12.0. The fourth-order valence-corrected chi connectivity index (χ4v) is 2.57. The molecule has 0 unspecified atom stereocenters. The summed E-state index contributed by atoms with van der Waals surface area (Å²) in [6.45, 7) is 8.60. The summed E-state index contributed by atoms with van der Waals surface area (Å²) in [5.41, 5.74) is -0.598. The monoisotopic (exact) mass is 271 g/mol. The molecule has 4 nitrogen and oxygen atoms in total. The van der Waals surface area contributed by atoms with Gasteiger partial charge < -0.3 is 14.8 Å². The Kier molecular flexibility index (Phi) is 5.65. The summed E-state index contributed by atoms with van der Waals surface area (Å²) in [6.07, 6.45) is 4.88. The molecule has 112 valence electrons. The van der Waals surface area contributed by atoms with Gasteiger partial charge in [0, 0.05) is 19.3 Å². The van der Waals surface area contributed by atoms with E-state index in [-0.39, 0.29) is 11.6 Å². The average molecular weight is 271 g/mol. The first-order valence-corrected chi connectivity index (χ1v) is 7.26. The molecular formula is C15H29NO3. The molecule has 0 bridgehead atoms. The van der Waals surface area contributed by atoms with Crippen LogP contribution in [0.4, 0.5) is 4.79 Å². The molecule has 1 fully saturated rings. The lowest BCUT2D eigenvalue weighted by molar-refractivity contribution is 0.0366. The first-order valence-electron chi connectivity index (χ1n) is 7.26. The molecule has 19 heavy (non-hydrogen) atoms. The van der Waals surface area contributed by atoms with E-state index in [4.69, 9.17) is 9.47 Å². The highest BCUT2D eigenvalue weighted by atomic mass is 16.6. The summed E-state index contributed by atoms with van der Waals surface area (Å²) in [7, 11) is 1.70. The van der Waals surface area contributed by atoms with Crippen molar-refractivity contribution in [3.63, 3.8) is 0 Å². The third-order valence-corrected chi connectivity index (χ3v) is 3.78. The molecule has 1 N–H and O–H groups in total. The van der Waals surface area contributed by atoms with Crippen LogP contribution < -0.4 is 5.32 Å². The molecule has 1 rings (SSSR count). The molecule has 1 aliphatic rings. The predicted molar refractivity (Wildman–Crippen MR) is 76.2 cm³/mol. The van der Waals surface area contributed by atoms with E-state index in [2.05, 4.69) is 12.2 Å². The number of nitrogens with one attached hydrogen (secondary N) is 1. The minimum Gasteiger partial charge on any atom is -0.444 e. The fourth-order valence-electron chi connectivity index (χ4n) is 2.57. The Morgan fingerprint density at radius 2 is 1.89 bits per heavy atom. The summed E-state index contributed by atoms with van der Waals surface area (Å²) < 4.78 is 10.6. The summed E-state index contributed by atoms with van der Waals surface area (Å²) >= 11 is 0. The molecule has 0 heterocycles. The highest BCUT2D eigenvalue weighted by molar-refractivity contribution is 5.68. The summed E-state index contributed by atoms with van der Waals surface area (Å²) in [5, 5.41) is 3.10. The number of rotatable bonds is 4. The van der Waals surface area contributed by atoms with Crippen molar-refractivity contribution in [3.8, 4) is 0 Å². The van der Waals surface area contributed by atoms with Crippen molar-refractivity contribution < 1.29 is 14.3 Å². The van der Waals surface area contributed by atoms with Crippen LogP contribution in [0.2, 0.25) is 0 Å². The molecule has 0 aromatic rings. The fraction of sp³-hybridized carbons (Fsp3) is 0.933. The third-order valence-electron chi connectivity index (χ3n) is 3.78. The number of carbonyl (C=O) groups excluding carboxylic acids is 1. The van der Waals surface area contributed by atoms with E-state index in [9.17, 15) is 4.79 Å². The van der Waals surface area contributed by atoms with Crippen LogP contribution in [-0.2, 0) is 9.47 Å². The van der Waals surface area contributed by atoms with Crippen molar-refractivity contribution in [2.24, 2.45) is 5.92 Å². The zero-order chi connectivity index (χ0) is 14.5. The van der Waals surface area contributed by atoms with E-state index in [0.29, 0.717) is 6.61 Å². The minimum absolute atomic E-state index is 0.148. The van der Waals surface area contributed by atoms with Crippen LogP contribution in [0.3, 0.4) is 0 Å². The molecule has 1 aliphatic carbocycles. The molecule has 4 heteroatoms. The lowest BCUT2D eigenvalue weighted by atomic mass is 9.75. The maximum Gasteiger partial charge on any atom is 0.408 e. The SMILES string of the molecule is COCCC1(NC(=O)OC(C)(C)C)CCC(C)CC1. The first-order chi connectivity index (χ1) is 8.76. The van der Waals surface area contributed by atoms with Crippen molar-refractivity contribution in [1.82, 2.24) is 5.32 Å². The van der Waals surface area contributed by atoms with E-state index in [1.54, 1.807) is 7.11 Å². The first kappa shape index (κ1) is 16.3. The van der Waals surface area contributed by atoms with Crippen LogP contribution in [0.15, 0.2) is 0 Å². The molecule has 0 spiro atoms. The van der Waals surface area contributed by atoms with Gasteiger partial charge in [-0.2, -0.15) is 0 Å². The van der Waals surface area contributed by atoms with Crippen molar-refractivity contribution in [2.45, 2.75) is 70.9 Å². The molecule has 0 aromatic heterocycles. The molecule has 0 aliphatic heterocycles. The summed E-state index contributed by atoms with van der Waals surface area (Å²) in [5.74, 6) is 0.746. The molecule has 0 radical (unpaired) electrons. The second-order valence-electron chi connectivity index (χ2n) is 6.83. The second kappa shape index (κ2) is 6.60. The van der Waals surface area contributed by atoms with Gasteiger partial charge in [-0.1, -0.05) is 6.92 Å².